The van der Waals surface area contributed by atoms with Crippen molar-refractivity contribution >= 4 is 34.6 Å². The fourth-order valence-electron chi connectivity index (χ4n) is 4.56. The van der Waals surface area contributed by atoms with Crippen LogP contribution in [-0.4, -0.2) is 34.2 Å². The van der Waals surface area contributed by atoms with Crippen molar-refractivity contribution in [3.8, 4) is 5.75 Å². The number of thiocarbonyl (C=S) groups is 1. The summed E-state index contributed by atoms with van der Waals surface area (Å²) in [7, 11) is 1.62. The van der Waals surface area contributed by atoms with Crippen LogP contribution in [0.1, 0.15) is 46.1 Å². The summed E-state index contributed by atoms with van der Waals surface area (Å²) in [5.74, 6) is 0.451. The van der Waals surface area contributed by atoms with Gasteiger partial charge in [0.25, 0.3) is 0 Å². The van der Waals surface area contributed by atoms with Gasteiger partial charge in [-0.2, -0.15) is 0 Å². The van der Waals surface area contributed by atoms with Gasteiger partial charge in [0.15, 0.2) is 5.11 Å². The van der Waals surface area contributed by atoms with E-state index in [0.29, 0.717) is 28.1 Å². The molecule has 0 amide bonds. The van der Waals surface area contributed by atoms with Gasteiger partial charge in [-0.25, -0.2) is 4.39 Å². The van der Waals surface area contributed by atoms with Gasteiger partial charge in [0.05, 0.1) is 17.8 Å². The third-order valence-corrected chi connectivity index (χ3v) is 6.22. The van der Waals surface area contributed by atoms with Crippen molar-refractivity contribution in [3.05, 3.63) is 58.9 Å². The van der Waals surface area contributed by atoms with E-state index in [1.807, 2.05) is 12.1 Å². The summed E-state index contributed by atoms with van der Waals surface area (Å²) in [5, 5.41) is 8.19. The normalized spacial score (nSPS) is 17.8. The Balaban J connectivity index is 1.91. The Morgan fingerprint density at radius 2 is 1.77 bits per heavy atom. The molecule has 0 aliphatic carbocycles. The molecule has 7 heteroatoms. The molecule has 31 heavy (non-hydrogen) atoms. The summed E-state index contributed by atoms with van der Waals surface area (Å²) < 4.78 is 18.8. The number of halogens is 2. The Hall–Kier alpha value is -1.89. The van der Waals surface area contributed by atoms with Gasteiger partial charge >= 0.3 is 0 Å². The van der Waals surface area contributed by atoms with Gasteiger partial charge in [0.2, 0.25) is 0 Å². The largest absolute Gasteiger partial charge is 0.497 e. The van der Waals surface area contributed by atoms with Gasteiger partial charge in [0, 0.05) is 29.7 Å². The molecule has 1 fully saturated rings. The molecule has 0 aromatic heterocycles. The average molecular weight is 464 g/mol. The van der Waals surface area contributed by atoms with Gasteiger partial charge in [0.1, 0.15) is 11.6 Å². The Morgan fingerprint density at radius 3 is 2.35 bits per heavy atom. The van der Waals surface area contributed by atoms with Crippen molar-refractivity contribution < 1.29 is 9.13 Å². The first kappa shape index (κ1) is 23.8. The second-order valence-corrected chi connectivity index (χ2v) is 10.3. The predicted octanol–water partition coefficient (Wildman–Crippen LogP) is 6.00. The highest BCUT2D eigenvalue weighted by atomic mass is 35.5. The van der Waals surface area contributed by atoms with Crippen molar-refractivity contribution in [3.63, 3.8) is 0 Å². The SMILES string of the molecule is COc1ccc(Cl)c(NC(=S)N(Cc2ccc(F)cc2)C2CC(C)(C)NC(C)(C)C2)c1. The van der Waals surface area contributed by atoms with E-state index < -0.39 is 0 Å². The lowest BCUT2D eigenvalue weighted by molar-refractivity contribution is 0.101. The topological polar surface area (TPSA) is 36.5 Å². The Morgan fingerprint density at radius 1 is 1.16 bits per heavy atom. The van der Waals surface area contributed by atoms with Gasteiger partial charge in [-0.15, -0.1) is 0 Å². The third-order valence-electron chi connectivity index (χ3n) is 5.55. The minimum absolute atomic E-state index is 0.0450. The fourth-order valence-corrected chi connectivity index (χ4v) is 5.04. The van der Waals surface area contributed by atoms with Crippen LogP contribution < -0.4 is 15.4 Å². The van der Waals surface area contributed by atoms with Crippen LogP contribution in [0.4, 0.5) is 10.1 Å². The van der Waals surface area contributed by atoms with Gasteiger partial charge in [-0.3, -0.25) is 0 Å². The highest BCUT2D eigenvalue weighted by Crippen LogP contribution is 2.33. The van der Waals surface area contributed by atoms with Crippen molar-refractivity contribution in [2.75, 3.05) is 12.4 Å². The third kappa shape index (κ3) is 6.31. The van der Waals surface area contributed by atoms with E-state index in [4.69, 9.17) is 28.6 Å². The molecule has 2 N–H and O–H groups in total. The molecule has 1 saturated heterocycles. The molecule has 0 radical (unpaired) electrons. The minimum Gasteiger partial charge on any atom is -0.497 e. The summed E-state index contributed by atoms with van der Waals surface area (Å²) in [6, 6.07) is 12.2. The van der Waals surface area contributed by atoms with Crippen molar-refractivity contribution in [2.45, 2.75) is 64.2 Å². The maximum Gasteiger partial charge on any atom is 0.174 e. The Labute approximate surface area is 195 Å². The lowest BCUT2D eigenvalue weighted by Crippen LogP contribution is -2.63. The molecule has 0 atom stereocenters. The van der Waals surface area contributed by atoms with Crippen molar-refractivity contribution in [2.24, 2.45) is 0 Å². The maximum absolute atomic E-state index is 13.5. The van der Waals surface area contributed by atoms with Crippen molar-refractivity contribution in [1.29, 1.82) is 0 Å². The lowest BCUT2D eigenvalue weighted by atomic mass is 9.79. The molecule has 0 saturated carbocycles. The first-order valence-electron chi connectivity index (χ1n) is 10.4. The minimum atomic E-state index is -0.247. The standard InChI is InChI=1S/C24H31ClFN3OS/c1-23(2)13-18(14-24(3,4)28-23)29(15-16-6-8-17(26)9-7-16)22(31)27-21-12-19(30-5)10-11-20(21)25/h6-12,18,28H,13-15H2,1-5H3,(H,27,31). The average Bonchev–Trinajstić information content (AvgIpc) is 2.66. The van der Waals surface area contributed by atoms with Gasteiger partial charge < -0.3 is 20.3 Å². The second kappa shape index (κ2) is 9.31. The van der Waals surface area contributed by atoms with Crippen LogP contribution in [0.25, 0.3) is 0 Å². The van der Waals surface area contributed by atoms with Crippen LogP contribution in [0.15, 0.2) is 42.5 Å². The highest BCUT2D eigenvalue weighted by molar-refractivity contribution is 7.80. The Bertz CT molecular complexity index is 917. The number of hydrogen-bond donors (Lipinski definition) is 2. The zero-order valence-corrected chi connectivity index (χ0v) is 20.3. The van der Waals surface area contributed by atoms with Crippen molar-refractivity contribution in [1.82, 2.24) is 10.2 Å². The molecule has 2 aromatic rings. The van der Waals surface area contributed by atoms with E-state index in [2.05, 4.69) is 43.2 Å². The molecule has 1 aliphatic heterocycles. The summed E-state index contributed by atoms with van der Waals surface area (Å²) in [6.45, 7) is 9.43. The number of rotatable bonds is 5. The van der Waals surface area contributed by atoms with E-state index in [1.165, 1.54) is 12.1 Å². The van der Waals surface area contributed by atoms with Gasteiger partial charge in [-0.05, 0) is 82.6 Å². The molecule has 2 aromatic carbocycles. The van der Waals surface area contributed by atoms with Crippen LogP contribution in [0.3, 0.4) is 0 Å². The van der Waals surface area contributed by atoms with Crippen LogP contribution >= 0.6 is 23.8 Å². The number of ether oxygens (including phenoxy) is 1. The van der Waals surface area contributed by atoms with E-state index >= 15 is 0 Å². The smallest absolute Gasteiger partial charge is 0.174 e. The van der Waals surface area contributed by atoms with E-state index in [0.717, 1.165) is 18.4 Å². The Kier molecular flexibility index (Phi) is 7.14. The monoisotopic (exact) mass is 463 g/mol. The fraction of sp³-hybridized carbons (Fsp3) is 0.458. The van der Waals surface area contributed by atoms with Crippen LogP contribution in [0.5, 0.6) is 5.75 Å². The first-order chi connectivity index (χ1) is 14.5. The number of benzene rings is 2. The quantitative estimate of drug-likeness (QED) is 0.532. The number of nitrogens with one attached hydrogen (secondary N) is 2. The number of nitrogens with zero attached hydrogens (tertiary/aromatic N) is 1. The van der Waals surface area contributed by atoms with E-state index in [1.54, 1.807) is 25.3 Å². The van der Waals surface area contributed by atoms with E-state index in [9.17, 15) is 4.39 Å². The predicted molar refractivity (Wildman–Crippen MR) is 130 cm³/mol. The summed E-state index contributed by atoms with van der Waals surface area (Å²) in [5.41, 5.74) is 1.60. The molecular weight excluding hydrogens is 433 g/mol. The molecule has 0 spiro atoms. The zero-order chi connectivity index (χ0) is 22.8. The van der Waals surface area contributed by atoms with Crippen LogP contribution in [0, 0.1) is 5.82 Å². The van der Waals surface area contributed by atoms with Crippen LogP contribution in [-0.2, 0) is 6.54 Å². The van der Waals surface area contributed by atoms with E-state index in [-0.39, 0.29) is 22.9 Å². The summed E-state index contributed by atoms with van der Waals surface area (Å²) >= 11 is 12.3. The number of piperidine rings is 1. The first-order valence-corrected chi connectivity index (χ1v) is 11.2. The maximum atomic E-state index is 13.5. The molecule has 168 valence electrons. The zero-order valence-electron chi connectivity index (χ0n) is 18.8. The molecule has 3 rings (SSSR count). The highest BCUT2D eigenvalue weighted by Gasteiger charge is 2.40. The number of hydrogen-bond acceptors (Lipinski definition) is 3. The van der Waals surface area contributed by atoms with Gasteiger partial charge in [-0.1, -0.05) is 23.7 Å². The summed E-state index contributed by atoms with van der Waals surface area (Å²) in [6.07, 6.45) is 1.84. The lowest BCUT2D eigenvalue weighted by Gasteiger charge is -2.50. The molecular formula is C24H31ClFN3OS. The van der Waals surface area contributed by atoms with Crippen LogP contribution in [0.2, 0.25) is 5.02 Å². The summed E-state index contributed by atoms with van der Waals surface area (Å²) in [4.78, 5) is 2.20. The molecule has 0 bridgehead atoms. The molecule has 0 unspecified atom stereocenters. The second-order valence-electron chi connectivity index (χ2n) is 9.49. The molecule has 4 nitrogen and oxygen atoms in total. The molecule has 1 heterocycles. The molecule has 1 aliphatic rings. The number of methoxy groups -OCH3 is 1. The number of anilines is 1.